The van der Waals surface area contributed by atoms with Crippen molar-refractivity contribution in [3.8, 4) is 5.75 Å². The van der Waals surface area contributed by atoms with E-state index in [1.54, 1.807) is 0 Å². The lowest BCUT2D eigenvalue weighted by Crippen LogP contribution is -2.37. The molecule has 1 rings (SSSR count). The van der Waals surface area contributed by atoms with Crippen molar-refractivity contribution in [1.82, 2.24) is 10.6 Å². The van der Waals surface area contributed by atoms with E-state index in [-0.39, 0.29) is 29.5 Å². The van der Waals surface area contributed by atoms with Gasteiger partial charge in [0.2, 0.25) is 5.91 Å². The fraction of sp³-hybridized carbons (Fsp3) is 0.167. The van der Waals surface area contributed by atoms with Gasteiger partial charge in [0.15, 0.2) is 0 Å². The van der Waals surface area contributed by atoms with E-state index < -0.39 is 5.91 Å². The molecule has 0 bridgehead atoms. The third-order valence-corrected chi connectivity index (χ3v) is 2.13. The molecule has 0 heterocycles. The molecule has 0 atom stereocenters. The van der Waals surface area contributed by atoms with Crippen LogP contribution >= 0.6 is 0 Å². The van der Waals surface area contributed by atoms with Gasteiger partial charge in [-0.1, -0.05) is 6.08 Å². The highest BCUT2D eigenvalue weighted by Gasteiger charge is 2.11. The van der Waals surface area contributed by atoms with Crippen molar-refractivity contribution < 1.29 is 14.7 Å². The number of rotatable bonds is 5. The number of benzene rings is 1. The average Bonchev–Trinajstić information content (AvgIpc) is 2.36. The summed E-state index contributed by atoms with van der Waals surface area (Å²) in [4.78, 5) is 22.9. The Kier molecular flexibility index (Phi) is 4.74. The second kappa shape index (κ2) is 6.29. The van der Waals surface area contributed by atoms with Crippen LogP contribution in [0.3, 0.4) is 0 Å². The first-order valence-electron chi connectivity index (χ1n) is 5.29. The zero-order valence-electron chi connectivity index (χ0n) is 9.77. The number of hydrogen-bond donors (Lipinski definition) is 4. The SMILES string of the molecule is C=CCNC(=O)CNC(=O)c1cc(O)ccc1N. The predicted octanol–water partition coefficient (Wildman–Crippen LogP) is 0.00640. The van der Waals surface area contributed by atoms with Gasteiger partial charge in [-0.2, -0.15) is 0 Å². The number of nitrogens with one attached hydrogen (secondary N) is 2. The summed E-state index contributed by atoms with van der Waals surface area (Å²) in [6.45, 7) is 3.62. The van der Waals surface area contributed by atoms with Crippen molar-refractivity contribution in [1.29, 1.82) is 0 Å². The summed E-state index contributed by atoms with van der Waals surface area (Å²) < 4.78 is 0. The van der Waals surface area contributed by atoms with Crippen LogP contribution in [0.25, 0.3) is 0 Å². The quantitative estimate of drug-likeness (QED) is 0.335. The molecule has 0 aliphatic rings. The minimum Gasteiger partial charge on any atom is -0.508 e. The lowest BCUT2D eigenvalue weighted by atomic mass is 10.1. The molecule has 0 saturated carbocycles. The number of carbonyl (C=O) groups excluding carboxylic acids is 2. The van der Waals surface area contributed by atoms with Crippen LogP contribution in [0.4, 0.5) is 5.69 Å². The fourth-order valence-corrected chi connectivity index (χ4v) is 1.25. The average molecular weight is 249 g/mol. The molecule has 96 valence electrons. The summed E-state index contributed by atoms with van der Waals surface area (Å²) in [5.74, 6) is -0.912. The van der Waals surface area contributed by atoms with Gasteiger partial charge in [0, 0.05) is 12.2 Å². The predicted molar refractivity (Wildman–Crippen MR) is 68.1 cm³/mol. The standard InChI is InChI=1S/C12H15N3O3/c1-2-5-14-11(17)7-15-12(18)9-6-8(16)3-4-10(9)13/h2-4,6,16H,1,5,7,13H2,(H,14,17)(H,15,18). The van der Waals surface area contributed by atoms with Crippen molar-refractivity contribution in [3.63, 3.8) is 0 Å². The Morgan fingerprint density at radius 2 is 2.11 bits per heavy atom. The Bertz CT molecular complexity index is 472. The van der Waals surface area contributed by atoms with Crippen LogP contribution in [0.15, 0.2) is 30.9 Å². The molecule has 0 radical (unpaired) electrons. The minimum absolute atomic E-state index is 0.0644. The van der Waals surface area contributed by atoms with Crippen LogP contribution in [-0.2, 0) is 4.79 Å². The van der Waals surface area contributed by atoms with Gasteiger partial charge < -0.3 is 21.5 Å². The maximum absolute atomic E-state index is 11.7. The summed E-state index contributed by atoms with van der Waals surface area (Å²) >= 11 is 0. The van der Waals surface area contributed by atoms with E-state index in [0.717, 1.165) is 0 Å². The van der Waals surface area contributed by atoms with E-state index >= 15 is 0 Å². The van der Waals surface area contributed by atoms with Crippen LogP contribution in [0.1, 0.15) is 10.4 Å². The lowest BCUT2D eigenvalue weighted by Gasteiger charge is -2.07. The summed E-state index contributed by atoms with van der Waals surface area (Å²) in [5.41, 5.74) is 5.96. The largest absolute Gasteiger partial charge is 0.508 e. The van der Waals surface area contributed by atoms with Gasteiger partial charge >= 0.3 is 0 Å². The van der Waals surface area contributed by atoms with E-state index in [2.05, 4.69) is 17.2 Å². The van der Waals surface area contributed by atoms with Gasteiger partial charge in [-0.3, -0.25) is 9.59 Å². The summed E-state index contributed by atoms with van der Waals surface area (Å²) in [6.07, 6.45) is 1.53. The summed E-state index contributed by atoms with van der Waals surface area (Å²) in [6, 6.07) is 4.04. The highest BCUT2D eigenvalue weighted by molar-refractivity contribution is 6.01. The molecule has 0 saturated heterocycles. The van der Waals surface area contributed by atoms with Crippen LogP contribution in [0, 0.1) is 0 Å². The number of phenols is 1. The van der Waals surface area contributed by atoms with Crippen LogP contribution in [0.5, 0.6) is 5.75 Å². The smallest absolute Gasteiger partial charge is 0.253 e. The van der Waals surface area contributed by atoms with Gasteiger partial charge in [0.05, 0.1) is 12.1 Å². The molecule has 0 fully saturated rings. The van der Waals surface area contributed by atoms with Crippen LogP contribution in [-0.4, -0.2) is 30.0 Å². The number of nitrogens with two attached hydrogens (primary N) is 1. The van der Waals surface area contributed by atoms with Gasteiger partial charge in [-0.15, -0.1) is 6.58 Å². The number of anilines is 1. The van der Waals surface area contributed by atoms with Gasteiger partial charge in [0.1, 0.15) is 5.75 Å². The third-order valence-electron chi connectivity index (χ3n) is 2.13. The first-order valence-corrected chi connectivity index (χ1v) is 5.29. The van der Waals surface area contributed by atoms with Crippen molar-refractivity contribution in [3.05, 3.63) is 36.4 Å². The molecule has 0 aliphatic heterocycles. The Hall–Kier alpha value is -2.50. The Labute approximate surface area is 104 Å². The number of hydrogen-bond acceptors (Lipinski definition) is 4. The molecule has 1 aromatic carbocycles. The zero-order valence-corrected chi connectivity index (χ0v) is 9.77. The Balaban J connectivity index is 2.57. The van der Waals surface area contributed by atoms with Crippen molar-refractivity contribution >= 4 is 17.5 Å². The van der Waals surface area contributed by atoms with Gasteiger partial charge in [-0.25, -0.2) is 0 Å². The van der Waals surface area contributed by atoms with Crippen LogP contribution in [0.2, 0.25) is 0 Å². The summed E-state index contributed by atoms with van der Waals surface area (Å²) in [7, 11) is 0. The number of amides is 2. The van der Waals surface area contributed by atoms with E-state index in [1.807, 2.05) is 0 Å². The Morgan fingerprint density at radius 3 is 2.78 bits per heavy atom. The molecule has 1 aromatic rings. The number of phenolic OH excluding ortho intramolecular Hbond substituents is 1. The maximum atomic E-state index is 11.7. The molecule has 6 nitrogen and oxygen atoms in total. The normalized spacial score (nSPS) is 9.56. The zero-order chi connectivity index (χ0) is 13.5. The highest BCUT2D eigenvalue weighted by atomic mass is 16.3. The van der Waals surface area contributed by atoms with Gasteiger partial charge in [-0.05, 0) is 18.2 Å². The highest BCUT2D eigenvalue weighted by Crippen LogP contribution is 2.17. The second-order valence-corrected chi connectivity index (χ2v) is 3.55. The van der Waals surface area contributed by atoms with E-state index in [9.17, 15) is 14.7 Å². The van der Waals surface area contributed by atoms with E-state index in [1.165, 1.54) is 24.3 Å². The topological polar surface area (TPSA) is 104 Å². The van der Waals surface area contributed by atoms with Crippen molar-refractivity contribution in [2.24, 2.45) is 0 Å². The molecule has 0 unspecified atom stereocenters. The molecule has 0 aliphatic carbocycles. The first-order chi connectivity index (χ1) is 8.54. The van der Waals surface area contributed by atoms with Gasteiger partial charge in [0.25, 0.3) is 5.91 Å². The molecule has 6 heteroatoms. The van der Waals surface area contributed by atoms with E-state index in [0.29, 0.717) is 6.54 Å². The molecular formula is C12H15N3O3. The third kappa shape index (κ3) is 3.82. The monoisotopic (exact) mass is 249 g/mol. The molecular weight excluding hydrogens is 234 g/mol. The van der Waals surface area contributed by atoms with E-state index in [4.69, 9.17) is 5.73 Å². The first kappa shape index (κ1) is 13.6. The number of aromatic hydroxyl groups is 1. The van der Waals surface area contributed by atoms with Crippen LogP contribution < -0.4 is 16.4 Å². The maximum Gasteiger partial charge on any atom is 0.253 e. The second-order valence-electron chi connectivity index (χ2n) is 3.55. The lowest BCUT2D eigenvalue weighted by molar-refractivity contribution is -0.119. The fourth-order valence-electron chi connectivity index (χ4n) is 1.25. The number of carbonyl (C=O) groups is 2. The molecule has 0 spiro atoms. The molecule has 0 aromatic heterocycles. The van der Waals surface area contributed by atoms with Crippen molar-refractivity contribution in [2.45, 2.75) is 0 Å². The van der Waals surface area contributed by atoms with Crippen molar-refractivity contribution in [2.75, 3.05) is 18.8 Å². The summed E-state index contributed by atoms with van der Waals surface area (Å²) in [5, 5.41) is 14.2. The number of nitrogen functional groups attached to an aromatic ring is 1. The minimum atomic E-state index is -0.517. The molecule has 2 amide bonds. The Morgan fingerprint density at radius 1 is 1.39 bits per heavy atom. The molecule has 18 heavy (non-hydrogen) atoms. The molecule has 5 N–H and O–H groups in total.